The van der Waals surface area contributed by atoms with Crippen molar-refractivity contribution in [1.82, 2.24) is 14.5 Å². The van der Waals surface area contributed by atoms with Crippen LogP contribution < -0.4 is 5.56 Å². The molecule has 0 unspecified atom stereocenters. The standard InChI is InChI=1S/C15H12N4O3S/c20-14-6-5-11(19(21)22)9-18(14)7-8-23-15-12-3-1-2-4-13(12)16-10-17-15/h1-6,9-10H,7-8H2. The lowest BCUT2D eigenvalue weighted by Gasteiger charge is -2.06. The lowest BCUT2D eigenvalue weighted by Crippen LogP contribution is -2.19. The highest BCUT2D eigenvalue weighted by Crippen LogP contribution is 2.24. The van der Waals surface area contributed by atoms with E-state index in [2.05, 4.69) is 9.97 Å². The summed E-state index contributed by atoms with van der Waals surface area (Å²) in [5.41, 5.74) is 0.503. The predicted molar refractivity (Wildman–Crippen MR) is 87.6 cm³/mol. The topological polar surface area (TPSA) is 90.9 Å². The summed E-state index contributed by atoms with van der Waals surface area (Å²) in [5, 5.41) is 12.6. The predicted octanol–water partition coefficient (Wildman–Crippen LogP) is 2.49. The summed E-state index contributed by atoms with van der Waals surface area (Å²) < 4.78 is 1.34. The Morgan fingerprint density at radius 1 is 1.17 bits per heavy atom. The fourth-order valence-corrected chi connectivity index (χ4v) is 3.07. The summed E-state index contributed by atoms with van der Waals surface area (Å²) in [5.74, 6) is 0.572. The third-order valence-corrected chi connectivity index (χ3v) is 4.24. The Bertz CT molecular complexity index is 920. The molecule has 2 heterocycles. The van der Waals surface area contributed by atoms with Crippen molar-refractivity contribution in [3.63, 3.8) is 0 Å². The molecular formula is C15H12N4O3S. The molecule has 1 aromatic carbocycles. The Labute approximate surface area is 135 Å². The van der Waals surface area contributed by atoms with Gasteiger partial charge in [-0.1, -0.05) is 18.2 Å². The molecule has 0 fully saturated rings. The number of benzene rings is 1. The summed E-state index contributed by atoms with van der Waals surface area (Å²) in [6.07, 6.45) is 2.77. The third-order valence-electron chi connectivity index (χ3n) is 3.26. The van der Waals surface area contributed by atoms with E-state index in [1.165, 1.54) is 41.0 Å². The third kappa shape index (κ3) is 3.37. The second-order valence-corrected chi connectivity index (χ2v) is 5.80. The minimum absolute atomic E-state index is 0.0953. The molecule has 0 aliphatic carbocycles. The number of nitrogens with zero attached hydrogens (tertiary/aromatic N) is 4. The van der Waals surface area contributed by atoms with E-state index < -0.39 is 4.92 Å². The normalized spacial score (nSPS) is 10.8. The van der Waals surface area contributed by atoms with E-state index in [0.717, 1.165) is 15.9 Å². The summed E-state index contributed by atoms with van der Waals surface area (Å²) in [6, 6.07) is 10.1. The fourth-order valence-electron chi connectivity index (χ4n) is 2.14. The monoisotopic (exact) mass is 328 g/mol. The molecule has 0 saturated heterocycles. The Balaban J connectivity index is 1.75. The molecular weight excluding hydrogens is 316 g/mol. The van der Waals surface area contributed by atoms with Gasteiger partial charge in [0.2, 0.25) is 0 Å². The Morgan fingerprint density at radius 3 is 2.83 bits per heavy atom. The Kier molecular flexibility index (Phi) is 4.33. The van der Waals surface area contributed by atoms with Gasteiger partial charge in [-0.05, 0) is 6.07 Å². The van der Waals surface area contributed by atoms with Gasteiger partial charge in [-0.25, -0.2) is 9.97 Å². The van der Waals surface area contributed by atoms with E-state index >= 15 is 0 Å². The minimum Gasteiger partial charge on any atom is -0.308 e. The first-order valence-corrected chi connectivity index (χ1v) is 7.81. The highest BCUT2D eigenvalue weighted by Gasteiger charge is 2.08. The minimum atomic E-state index is -0.513. The highest BCUT2D eigenvalue weighted by molar-refractivity contribution is 7.99. The maximum Gasteiger partial charge on any atom is 0.285 e. The zero-order chi connectivity index (χ0) is 16.2. The number of thioether (sulfide) groups is 1. The number of para-hydroxylation sites is 1. The summed E-state index contributed by atoms with van der Waals surface area (Å²) in [4.78, 5) is 30.5. The second-order valence-electron chi connectivity index (χ2n) is 4.72. The van der Waals surface area contributed by atoms with Crippen LogP contribution in [0.4, 0.5) is 5.69 Å². The van der Waals surface area contributed by atoms with Crippen LogP contribution in [0.2, 0.25) is 0 Å². The molecule has 0 aliphatic heterocycles. The zero-order valence-corrected chi connectivity index (χ0v) is 12.8. The van der Waals surface area contributed by atoms with Crippen molar-refractivity contribution in [3.8, 4) is 0 Å². The first-order valence-electron chi connectivity index (χ1n) is 6.82. The van der Waals surface area contributed by atoms with Crippen LogP contribution in [0.15, 0.2) is 58.7 Å². The average Bonchev–Trinajstić information content (AvgIpc) is 2.56. The molecule has 0 aliphatic rings. The van der Waals surface area contributed by atoms with Crippen LogP contribution in [-0.2, 0) is 6.54 Å². The van der Waals surface area contributed by atoms with Gasteiger partial charge >= 0.3 is 0 Å². The molecule has 0 spiro atoms. The van der Waals surface area contributed by atoms with Crippen LogP contribution in [0.1, 0.15) is 0 Å². The van der Waals surface area contributed by atoms with Crippen molar-refractivity contribution in [2.45, 2.75) is 11.6 Å². The molecule has 0 saturated carbocycles. The molecule has 0 N–H and O–H groups in total. The van der Waals surface area contributed by atoms with Crippen molar-refractivity contribution in [2.75, 3.05) is 5.75 Å². The van der Waals surface area contributed by atoms with E-state index in [0.29, 0.717) is 12.3 Å². The molecule has 8 heteroatoms. The Hall–Kier alpha value is -2.74. The smallest absolute Gasteiger partial charge is 0.285 e. The van der Waals surface area contributed by atoms with E-state index in [4.69, 9.17) is 0 Å². The van der Waals surface area contributed by atoms with Gasteiger partial charge in [0, 0.05) is 29.8 Å². The molecule has 7 nitrogen and oxygen atoms in total. The quantitative estimate of drug-likeness (QED) is 0.309. The number of aromatic nitrogens is 3. The van der Waals surface area contributed by atoms with Crippen molar-refractivity contribution >= 4 is 28.4 Å². The van der Waals surface area contributed by atoms with Crippen molar-refractivity contribution < 1.29 is 4.92 Å². The van der Waals surface area contributed by atoms with Gasteiger partial charge in [0.05, 0.1) is 16.6 Å². The fraction of sp³-hybridized carbons (Fsp3) is 0.133. The van der Waals surface area contributed by atoms with Gasteiger partial charge in [0.1, 0.15) is 11.4 Å². The molecule has 116 valence electrons. The SMILES string of the molecule is O=c1ccc([N+](=O)[O-])cn1CCSc1ncnc2ccccc12. The zero-order valence-electron chi connectivity index (χ0n) is 12.0. The molecule has 0 bridgehead atoms. The number of hydrogen-bond acceptors (Lipinski definition) is 6. The number of aryl methyl sites for hydroxylation is 1. The van der Waals surface area contributed by atoms with Gasteiger partial charge < -0.3 is 4.57 Å². The largest absolute Gasteiger partial charge is 0.308 e. The number of rotatable bonds is 5. The van der Waals surface area contributed by atoms with Gasteiger partial charge in [0.15, 0.2) is 0 Å². The molecule has 3 rings (SSSR count). The lowest BCUT2D eigenvalue weighted by atomic mass is 10.2. The van der Waals surface area contributed by atoms with Crippen molar-refractivity contribution in [3.05, 3.63) is 69.4 Å². The molecule has 0 atom stereocenters. The van der Waals surface area contributed by atoms with Crippen LogP contribution in [0.5, 0.6) is 0 Å². The molecule has 0 amide bonds. The first-order chi connectivity index (χ1) is 11.1. The summed E-state index contributed by atoms with van der Waals surface area (Å²) in [6.45, 7) is 0.365. The first kappa shape index (κ1) is 15.2. The van der Waals surface area contributed by atoms with Crippen molar-refractivity contribution in [1.29, 1.82) is 0 Å². The average molecular weight is 328 g/mol. The number of hydrogen-bond donors (Lipinski definition) is 0. The van der Waals surface area contributed by atoms with E-state index in [1.54, 1.807) is 0 Å². The molecule has 0 radical (unpaired) electrons. The van der Waals surface area contributed by atoms with Gasteiger partial charge in [-0.3, -0.25) is 14.9 Å². The number of nitro groups is 1. The maximum atomic E-state index is 11.8. The summed E-state index contributed by atoms with van der Waals surface area (Å²) in [7, 11) is 0. The van der Waals surface area contributed by atoms with Gasteiger partial charge in [-0.2, -0.15) is 0 Å². The lowest BCUT2D eigenvalue weighted by molar-refractivity contribution is -0.385. The van der Waals surface area contributed by atoms with Gasteiger partial charge in [0.25, 0.3) is 11.2 Å². The summed E-state index contributed by atoms with van der Waals surface area (Å²) >= 11 is 1.49. The van der Waals surface area contributed by atoms with Gasteiger partial charge in [-0.15, -0.1) is 11.8 Å². The molecule has 3 aromatic rings. The molecule has 2 aromatic heterocycles. The number of fused-ring (bicyclic) bond motifs is 1. The van der Waals surface area contributed by atoms with E-state index in [-0.39, 0.29) is 11.2 Å². The van der Waals surface area contributed by atoms with Crippen LogP contribution >= 0.6 is 11.8 Å². The van der Waals surface area contributed by atoms with Crippen molar-refractivity contribution in [2.24, 2.45) is 0 Å². The van der Waals surface area contributed by atoms with Crippen LogP contribution in [0.3, 0.4) is 0 Å². The van der Waals surface area contributed by atoms with E-state index in [1.807, 2.05) is 24.3 Å². The van der Waals surface area contributed by atoms with Crippen LogP contribution in [0, 0.1) is 10.1 Å². The van der Waals surface area contributed by atoms with E-state index in [9.17, 15) is 14.9 Å². The van der Waals surface area contributed by atoms with Crippen LogP contribution in [-0.4, -0.2) is 25.2 Å². The van der Waals surface area contributed by atoms with Crippen LogP contribution in [0.25, 0.3) is 10.9 Å². The second kappa shape index (κ2) is 6.57. The highest BCUT2D eigenvalue weighted by atomic mass is 32.2. The molecule has 23 heavy (non-hydrogen) atoms. The maximum absolute atomic E-state index is 11.8. The number of pyridine rings is 1. The Morgan fingerprint density at radius 2 is 2.00 bits per heavy atom.